The van der Waals surface area contributed by atoms with Gasteiger partial charge in [-0.05, 0) is 49.2 Å². The molecular weight excluding hydrogens is 475 g/mol. The predicted molar refractivity (Wildman–Crippen MR) is 127 cm³/mol. The number of alkyl halides is 3. The molecule has 0 spiro atoms. The van der Waals surface area contributed by atoms with Gasteiger partial charge in [0.1, 0.15) is 0 Å². The van der Waals surface area contributed by atoms with E-state index in [4.69, 9.17) is 4.74 Å². The molecule has 8 nitrogen and oxygen atoms in total. The highest BCUT2D eigenvalue weighted by molar-refractivity contribution is 5.96. The summed E-state index contributed by atoms with van der Waals surface area (Å²) in [6.45, 7) is 5.01. The summed E-state index contributed by atoms with van der Waals surface area (Å²) in [7, 11) is 0. The lowest BCUT2D eigenvalue weighted by molar-refractivity contribution is -0.138. The summed E-state index contributed by atoms with van der Waals surface area (Å²) in [5, 5.41) is 10.7. The van der Waals surface area contributed by atoms with Crippen LogP contribution < -0.4 is 15.0 Å². The highest BCUT2D eigenvalue weighted by Gasteiger charge is 2.36. The molecule has 36 heavy (non-hydrogen) atoms. The van der Waals surface area contributed by atoms with E-state index in [9.17, 15) is 22.8 Å². The maximum atomic E-state index is 13.3. The summed E-state index contributed by atoms with van der Waals surface area (Å²) in [6.07, 6.45) is -5.31. The van der Waals surface area contributed by atoms with Crippen molar-refractivity contribution in [1.29, 1.82) is 0 Å². The van der Waals surface area contributed by atoms with Gasteiger partial charge in [-0.3, -0.25) is 10.1 Å². The molecule has 0 aliphatic carbocycles. The summed E-state index contributed by atoms with van der Waals surface area (Å²) in [5.74, 6) is -0.147. The maximum absolute atomic E-state index is 13.3. The monoisotopic (exact) mass is 499 g/mol. The fourth-order valence-electron chi connectivity index (χ4n) is 3.88. The first-order valence-corrected chi connectivity index (χ1v) is 11.2. The van der Waals surface area contributed by atoms with Gasteiger partial charge in [-0.25, -0.2) is 4.79 Å². The van der Waals surface area contributed by atoms with E-state index >= 15 is 0 Å². The zero-order valence-corrected chi connectivity index (χ0v) is 19.7. The summed E-state index contributed by atoms with van der Waals surface area (Å²) in [4.78, 5) is 28.2. The van der Waals surface area contributed by atoms with Crippen molar-refractivity contribution in [2.45, 2.75) is 20.0 Å². The molecule has 188 valence electrons. The van der Waals surface area contributed by atoms with Gasteiger partial charge in [0.15, 0.2) is 5.82 Å². The van der Waals surface area contributed by atoms with E-state index in [1.807, 2.05) is 30.9 Å². The number of benzene rings is 2. The first-order valence-electron chi connectivity index (χ1n) is 11.2. The normalized spacial score (nSPS) is 13.9. The first-order chi connectivity index (χ1) is 17.1. The number of nitrogens with zero attached hydrogens (tertiary/aromatic N) is 4. The van der Waals surface area contributed by atoms with Gasteiger partial charge in [0.25, 0.3) is 5.91 Å². The Labute approximate surface area is 205 Å². The Morgan fingerprint density at radius 1 is 0.917 bits per heavy atom. The van der Waals surface area contributed by atoms with Crippen molar-refractivity contribution in [3.05, 3.63) is 76.9 Å². The van der Waals surface area contributed by atoms with Crippen LogP contribution >= 0.6 is 0 Å². The maximum Gasteiger partial charge on any atom is 0.418 e. The smallest absolute Gasteiger partial charge is 0.389 e. The average Bonchev–Trinajstić information content (AvgIpc) is 2.86. The number of carbonyl (C=O) groups excluding carboxylic acids is 2. The van der Waals surface area contributed by atoms with E-state index in [0.717, 1.165) is 17.2 Å². The Morgan fingerprint density at radius 2 is 1.64 bits per heavy atom. The third-order valence-electron chi connectivity index (χ3n) is 6.02. The van der Waals surface area contributed by atoms with Gasteiger partial charge in [-0.1, -0.05) is 24.3 Å². The van der Waals surface area contributed by atoms with Gasteiger partial charge in [0.05, 0.1) is 11.1 Å². The van der Waals surface area contributed by atoms with Crippen molar-refractivity contribution in [2.24, 2.45) is 0 Å². The highest BCUT2D eigenvalue weighted by Crippen LogP contribution is 2.32. The second-order valence-electron chi connectivity index (χ2n) is 8.31. The molecule has 4 rings (SSSR count). The molecule has 3 aromatic rings. The molecule has 1 fully saturated rings. The van der Waals surface area contributed by atoms with Gasteiger partial charge in [-0.2, -0.15) is 13.2 Å². The minimum absolute atomic E-state index is 0.0131. The van der Waals surface area contributed by atoms with Gasteiger partial charge < -0.3 is 14.5 Å². The first kappa shape index (κ1) is 25.0. The summed E-state index contributed by atoms with van der Waals surface area (Å²) in [6, 6.07) is 13.4. The van der Waals surface area contributed by atoms with E-state index in [0.29, 0.717) is 24.6 Å². The zero-order valence-electron chi connectivity index (χ0n) is 19.7. The molecule has 2 heterocycles. The molecule has 0 radical (unpaired) electrons. The van der Waals surface area contributed by atoms with Crippen molar-refractivity contribution in [1.82, 2.24) is 15.1 Å². The van der Waals surface area contributed by atoms with Crippen molar-refractivity contribution < 1.29 is 27.5 Å². The van der Waals surface area contributed by atoms with Crippen LogP contribution in [-0.4, -0.2) is 53.3 Å². The SMILES string of the molecule is Cc1cccc(NC(=O)Oc2ccc(N3CCN(C(=O)c4ccccc4C(F)(F)F)CC3)nn2)c1C. The molecule has 0 atom stereocenters. The zero-order chi connectivity index (χ0) is 25.9. The molecule has 11 heteroatoms. The van der Waals surface area contributed by atoms with E-state index in [-0.39, 0.29) is 24.5 Å². The number of hydrogen-bond donors (Lipinski definition) is 1. The molecule has 0 saturated carbocycles. The molecule has 1 aliphatic heterocycles. The minimum atomic E-state index is -4.61. The Kier molecular flexibility index (Phi) is 7.09. The third kappa shape index (κ3) is 5.56. The van der Waals surface area contributed by atoms with Crippen LogP contribution in [0.25, 0.3) is 0 Å². The number of hydrogen-bond acceptors (Lipinski definition) is 6. The van der Waals surface area contributed by atoms with Crippen LogP contribution in [0.2, 0.25) is 0 Å². The quantitative estimate of drug-likeness (QED) is 0.561. The van der Waals surface area contributed by atoms with Crippen LogP contribution in [0.3, 0.4) is 0 Å². The van der Waals surface area contributed by atoms with Crippen molar-refractivity contribution in [3.8, 4) is 5.88 Å². The molecule has 2 amide bonds. The molecular formula is C25H24F3N5O3. The highest BCUT2D eigenvalue weighted by atomic mass is 19.4. The number of rotatable bonds is 4. The van der Waals surface area contributed by atoms with Crippen molar-refractivity contribution >= 4 is 23.5 Å². The van der Waals surface area contributed by atoms with E-state index < -0.39 is 23.7 Å². The number of aromatic nitrogens is 2. The van der Waals surface area contributed by atoms with E-state index in [1.54, 1.807) is 12.1 Å². The number of halogens is 3. The van der Waals surface area contributed by atoms with Gasteiger partial charge in [0.2, 0.25) is 5.88 Å². The minimum Gasteiger partial charge on any atom is -0.389 e. The number of carbonyl (C=O) groups is 2. The van der Waals surface area contributed by atoms with Crippen LogP contribution in [0.4, 0.5) is 29.5 Å². The fourth-order valence-corrected chi connectivity index (χ4v) is 3.88. The van der Waals surface area contributed by atoms with E-state index in [2.05, 4.69) is 15.5 Å². The van der Waals surface area contributed by atoms with Crippen LogP contribution in [0.1, 0.15) is 27.0 Å². The van der Waals surface area contributed by atoms with Gasteiger partial charge in [-0.15, -0.1) is 10.2 Å². The van der Waals surface area contributed by atoms with Crippen molar-refractivity contribution in [3.63, 3.8) is 0 Å². The van der Waals surface area contributed by atoms with E-state index in [1.165, 1.54) is 29.2 Å². The number of ether oxygens (including phenoxy) is 1. The Balaban J connectivity index is 1.34. The second-order valence-corrected chi connectivity index (χ2v) is 8.31. The summed E-state index contributed by atoms with van der Waals surface area (Å²) >= 11 is 0. The predicted octanol–water partition coefficient (Wildman–Crippen LogP) is 4.69. The number of nitrogens with one attached hydrogen (secondary N) is 1. The number of piperazine rings is 1. The molecule has 1 saturated heterocycles. The van der Waals surface area contributed by atoms with Gasteiger partial charge >= 0.3 is 12.3 Å². The average molecular weight is 499 g/mol. The van der Waals surface area contributed by atoms with Crippen LogP contribution in [0.15, 0.2) is 54.6 Å². The van der Waals surface area contributed by atoms with Crippen LogP contribution in [-0.2, 0) is 6.18 Å². The van der Waals surface area contributed by atoms with Gasteiger partial charge in [0, 0.05) is 37.9 Å². The molecule has 1 aliphatic rings. The molecule has 0 unspecified atom stereocenters. The lowest BCUT2D eigenvalue weighted by atomic mass is 10.1. The molecule has 0 bridgehead atoms. The lowest BCUT2D eigenvalue weighted by Gasteiger charge is -2.35. The topological polar surface area (TPSA) is 87.7 Å². The fraction of sp³-hybridized carbons (Fsp3) is 0.280. The largest absolute Gasteiger partial charge is 0.418 e. The van der Waals surface area contributed by atoms with Crippen molar-refractivity contribution in [2.75, 3.05) is 36.4 Å². The Bertz CT molecular complexity index is 1260. The van der Waals surface area contributed by atoms with Crippen LogP contribution in [0, 0.1) is 13.8 Å². The standard InChI is InChI=1S/C25H24F3N5O3/c1-16-6-5-9-20(17(16)2)29-24(35)36-22-11-10-21(30-31-22)32-12-14-33(15-13-32)23(34)18-7-3-4-8-19(18)25(26,27)28/h3-11H,12-15H2,1-2H3,(H,29,35). The number of amides is 2. The Hall–Kier alpha value is -4.15. The second kappa shape index (κ2) is 10.2. The Morgan fingerprint density at radius 3 is 2.31 bits per heavy atom. The lowest BCUT2D eigenvalue weighted by Crippen LogP contribution is -2.49. The summed E-state index contributed by atoms with van der Waals surface area (Å²) < 4.78 is 45.1. The van der Waals surface area contributed by atoms with Crippen LogP contribution in [0.5, 0.6) is 5.88 Å². The number of aryl methyl sites for hydroxylation is 1. The molecule has 2 aromatic carbocycles. The third-order valence-corrected chi connectivity index (χ3v) is 6.02. The summed E-state index contributed by atoms with van der Waals surface area (Å²) in [5.41, 5.74) is 1.29. The molecule has 1 aromatic heterocycles. The number of anilines is 2. The molecule has 1 N–H and O–H groups in total.